The molecule has 0 saturated heterocycles. The van der Waals surface area contributed by atoms with E-state index < -0.39 is 0 Å². The molecule has 8 heteroatoms. The number of aromatic nitrogens is 4. The van der Waals surface area contributed by atoms with E-state index in [-0.39, 0.29) is 5.91 Å². The van der Waals surface area contributed by atoms with Gasteiger partial charge in [0.25, 0.3) is 5.78 Å². The number of halogens is 1. The highest BCUT2D eigenvalue weighted by atomic mass is 79.9. The Labute approximate surface area is 176 Å². The molecule has 4 aromatic rings. The monoisotopic (exact) mass is 453 g/mol. The van der Waals surface area contributed by atoms with Crippen molar-refractivity contribution in [2.24, 2.45) is 0 Å². The van der Waals surface area contributed by atoms with E-state index in [0.29, 0.717) is 30.9 Å². The van der Waals surface area contributed by atoms with E-state index in [1.54, 1.807) is 4.52 Å². The number of amides is 1. The maximum atomic E-state index is 12.3. The molecule has 1 N–H and O–H groups in total. The van der Waals surface area contributed by atoms with Crippen molar-refractivity contribution in [2.75, 3.05) is 0 Å². The van der Waals surface area contributed by atoms with Gasteiger partial charge < -0.3 is 9.73 Å². The summed E-state index contributed by atoms with van der Waals surface area (Å²) in [5.41, 5.74) is 3.85. The maximum Gasteiger partial charge on any atom is 0.252 e. The molecule has 0 bridgehead atoms. The molecule has 148 valence electrons. The summed E-state index contributed by atoms with van der Waals surface area (Å²) >= 11 is 3.42. The highest BCUT2D eigenvalue weighted by Crippen LogP contribution is 2.24. The first kappa shape index (κ1) is 19.3. The third-order valence-electron chi connectivity index (χ3n) is 4.84. The molecule has 0 atom stereocenters. The zero-order valence-corrected chi connectivity index (χ0v) is 17.7. The number of aryl methyl sites for hydroxylation is 2. The predicted molar refractivity (Wildman–Crippen MR) is 112 cm³/mol. The summed E-state index contributed by atoms with van der Waals surface area (Å²) in [5, 5.41) is 7.10. The Bertz CT molecular complexity index is 1160. The van der Waals surface area contributed by atoms with Crippen LogP contribution in [-0.4, -0.2) is 25.5 Å². The summed E-state index contributed by atoms with van der Waals surface area (Å²) in [6, 6.07) is 11.7. The van der Waals surface area contributed by atoms with Crippen LogP contribution in [-0.2, 0) is 17.8 Å². The van der Waals surface area contributed by atoms with E-state index >= 15 is 0 Å². The van der Waals surface area contributed by atoms with Crippen molar-refractivity contribution in [3.05, 3.63) is 69.9 Å². The summed E-state index contributed by atoms with van der Waals surface area (Å²) in [6.45, 7) is 4.26. The average Bonchev–Trinajstić information content (AvgIpc) is 3.36. The van der Waals surface area contributed by atoms with E-state index in [1.165, 1.54) is 6.33 Å². The van der Waals surface area contributed by atoms with Gasteiger partial charge in [0.15, 0.2) is 0 Å². The van der Waals surface area contributed by atoms with Gasteiger partial charge in [-0.05, 0) is 50.1 Å². The Balaban J connectivity index is 1.35. The van der Waals surface area contributed by atoms with Gasteiger partial charge >= 0.3 is 0 Å². The van der Waals surface area contributed by atoms with Crippen LogP contribution < -0.4 is 5.32 Å². The highest BCUT2D eigenvalue weighted by molar-refractivity contribution is 9.10. The van der Waals surface area contributed by atoms with E-state index in [0.717, 1.165) is 32.7 Å². The average molecular weight is 454 g/mol. The number of rotatable bonds is 6. The van der Waals surface area contributed by atoms with Crippen LogP contribution in [0.3, 0.4) is 0 Å². The molecule has 29 heavy (non-hydrogen) atoms. The molecule has 0 radical (unpaired) electrons. The number of benzene rings is 1. The quantitative estimate of drug-likeness (QED) is 0.476. The second-order valence-electron chi connectivity index (χ2n) is 6.78. The zero-order valence-electron chi connectivity index (χ0n) is 16.1. The van der Waals surface area contributed by atoms with Crippen molar-refractivity contribution in [1.29, 1.82) is 0 Å². The second kappa shape index (κ2) is 8.16. The van der Waals surface area contributed by atoms with Crippen molar-refractivity contribution in [3.8, 4) is 11.3 Å². The number of carbonyl (C=O) groups excluding carboxylic acids is 1. The topological polar surface area (TPSA) is 85.3 Å². The lowest BCUT2D eigenvalue weighted by molar-refractivity contribution is -0.121. The molecule has 1 amide bonds. The molecule has 0 aliphatic rings. The first-order valence-electron chi connectivity index (χ1n) is 9.28. The fourth-order valence-corrected chi connectivity index (χ4v) is 3.54. The van der Waals surface area contributed by atoms with Crippen LogP contribution in [0.25, 0.3) is 17.1 Å². The van der Waals surface area contributed by atoms with E-state index in [1.807, 2.05) is 50.2 Å². The molecular formula is C21H20BrN5O2. The molecule has 1 aromatic carbocycles. The minimum atomic E-state index is -0.0379. The van der Waals surface area contributed by atoms with Crippen LogP contribution in [0, 0.1) is 13.8 Å². The fourth-order valence-electron chi connectivity index (χ4n) is 3.27. The molecular weight excluding hydrogens is 434 g/mol. The molecule has 0 saturated carbocycles. The maximum absolute atomic E-state index is 12.3. The summed E-state index contributed by atoms with van der Waals surface area (Å²) in [6.07, 6.45) is 2.44. The third kappa shape index (κ3) is 4.22. The molecule has 0 spiro atoms. The van der Waals surface area contributed by atoms with E-state index in [4.69, 9.17) is 4.42 Å². The van der Waals surface area contributed by atoms with Gasteiger partial charge in [0.1, 0.15) is 17.8 Å². The fraction of sp³-hybridized carbons (Fsp3) is 0.238. The van der Waals surface area contributed by atoms with Crippen LogP contribution in [0.2, 0.25) is 0 Å². The zero-order chi connectivity index (χ0) is 20.4. The minimum absolute atomic E-state index is 0.0379. The van der Waals surface area contributed by atoms with Gasteiger partial charge in [0, 0.05) is 27.8 Å². The van der Waals surface area contributed by atoms with Gasteiger partial charge in [-0.2, -0.15) is 10.1 Å². The SMILES string of the molecule is Cc1nc2ncnn2c(C)c1CCC(=O)NCc1ccc(-c2ccc(Br)cc2)o1. The van der Waals surface area contributed by atoms with Crippen LogP contribution in [0.4, 0.5) is 0 Å². The summed E-state index contributed by atoms with van der Waals surface area (Å²) in [7, 11) is 0. The van der Waals surface area contributed by atoms with Gasteiger partial charge in [0.05, 0.1) is 6.54 Å². The normalized spacial score (nSPS) is 11.1. The molecule has 0 aliphatic heterocycles. The first-order chi connectivity index (χ1) is 14.0. The number of nitrogens with zero attached hydrogens (tertiary/aromatic N) is 4. The van der Waals surface area contributed by atoms with Gasteiger partial charge in [-0.15, -0.1) is 0 Å². The van der Waals surface area contributed by atoms with Crippen molar-refractivity contribution in [2.45, 2.75) is 33.2 Å². The summed E-state index contributed by atoms with van der Waals surface area (Å²) in [5.74, 6) is 2.03. The number of hydrogen-bond acceptors (Lipinski definition) is 5. The lowest BCUT2D eigenvalue weighted by Crippen LogP contribution is -2.23. The van der Waals surface area contributed by atoms with E-state index in [2.05, 4.69) is 36.3 Å². The third-order valence-corrected chi connectivity index (χ3v) is 5.37. The number of nitrogens with one attached hydrogen (secondary N) is 1. The molecule has 0 aliphatic carbocycles. The standard InChI is InChI=1S/C21H20BrN5O2/c1-13-18(14(2)27-21(26-13)24-12-25-27)8-10-20(28)23-11-17-7-9-19(29-17)15-3-5-16(22)6-4-15/h3-7,9,12H,8,10-11H2,1-2H3,(H,23,28). The number of hydrogen-bond donors (Lipinski definition) is 1. The lowest BCUT2D eigenvalue weighted by Gasteiger charge is -2.10. The van der Waals surface area contributed by atoms with Gasteiger partial charge in [0.2, 0.25) is 5.91 Å². The number of furan rings is 1. The molecule has 4 rings (SSSR count). The Morgan fingerprint density at radius 1 is 1.17 bits per heavy atom. The van der Waals surface area contributed by atoms with Crippen LogP contribution in [0.1, 0.15) is 29.1 Å². The Hall–Kier alpha value is -3.00. The second-order valence-corrected chi connectivity index (χ2v) is 7.70. The Morgan fingerprint density at radius 3 is 2.76 bits per heavy atom. The smallest absolute Gasteiger partial charge is 0.252 e. The van der Waals surface area contributed by atoms with Gasteiger partial charge in [-0.3, -0.25) is 4.79 Å². The lowest BCUT2D eigenvalue weighted by atomic mass is 10.1. The highest BCUT2D eigenvalue weighted by Gasteiger charge is 2.13. The largest absolute Gasteiger partial charge is 0.459 e. The Kier molecular flexibility index (Phi) is 5.44. The van der Waals surface area contributed by atoms with Gasteiger partial charge in [-0.25, -0.2) is 9.50 Å². The van der Waals surface area contributed by atoms with Gasteiger partial charge in [-0.1, -0.05) is 28.1 Å². The first-order valence-corrected chi connectivity index (χ1v) is 10.1. The Morgan fingerprint density at radius 2 is 1.97 bits per heavy atom. The number of carbonyl (C=O) groups is 1. The predicted octanol–water partition coefficient (Wildman–Crippen LogP) is 4.01. The molecule has 3 heterocycles. The van der Waals surface area contributed by atoms with Crippen molar-refractivity contribution in [3.63, 3.8) is 0 Å². The molecule has 0 unspecified atom stereocenters. The minimum Gasteiger partial charge on any atom is -0.459 e. The number of fused-ring (bicyclic) bond motifs is 1. The molecule has 3 aromatic heterocycles. The molecule has 0 fully saturated rings. The van der Waals surface area contributed by atoms with Crippen LogP contribution in [0.5, 0.6) is 0 Å². The van der Waals surface area contributed by atoms with Crippen molar-refractivity contribution >= 4 is 27.6 Å². The van der Waals surface area contributed by atoms with E-state index in [9.17, 15) is 4.79 Å². The van der Waals surface area contributed by atoms with Crippen LogP contribution in [0.15, 0.2) is 51.6 Å². The van der Waals surface area contributed by atoms with Crippen LogP contribution >= 0.6 is 15.9 Å². The van der Waals surface area contributed by atoms with Crippen molar-refractivity contribution in [1.82, 2.24) is 24.9 Å². The molecule has 7 nitrogen and oxygen atoms in total. The summed E-state index contributed by atoms with van der Waals surface area (Å²) < 4.78 is 8.56. The van der Waals surface area contributed by atoms with Crippen molar-refractivity contribution < 1.29 is 9.21 Å². The summed E-state index contributed by atoms with van der Waals surface area (Å²) in [4.78, 5) is 20.9.